The van der Waals surface area contributed by atoms with E-state index in [0.717, 1.165) is 28.1 Å². The summed E-state index contributed by atoms with van der Waals surface area (Å²) in [6.07, 6.45) is 0.675. The molecule has 0 amide bonds. The lowest BCUT2D eigenvalue weighted by Crippen LogP contribution is -2.42. The molecule has 1 fully saturated rings. The van der Waals surface area contributed by atoms with Gasteiger partial charge in [0, 0.05) is 29.3 Å². The Hall–Kier alpha value is -3.31. The van der Waals surface area contributed by atoms with Crippen LogP contribution in [-0.2, 0) is 10.0 Å². The molecule has 0 unspecified atom stereocenters. The Morgan fingerprint density at radius 3 is 2.53 bits per heavy atom. The third-order valence-corrected chi connectivity index (χ3v) is 8.49. The van der Waals surface area contributed by atoms with Crippen molar-refractivity contribution in [3.05, 3.63) is 89.5 Å². The van der Waals surface area contributed by atoms with E-state index in [1.807, 2.05) is 42.5 Å². The highest BCUT2D eigenvalue weighted by atomic mass is 32.2. The van der Waals surface area contributed by atoms with Gasteiger partial charge < -0.3 is 15.2 Å². The first-order chi connectivity index (χ1) is 16.5. The van der Waals surface area contributed by atoms with Crippen LogP contribution < -0.4 is 10.1 Å². The van der Waals surface area contributed by atoms with Crippen LogP contribution in [0.5, 0.6) is 5.75 Å². The van der Waals surface area contributed by atoms with Crippen LogP contribution in [0.2, 0.25) is 0 Å². The number of aliphatic hydroxyl groups excluding tert-OH is 1. The Labute approximate surface area is 200 Å². The zero-order chi connectivity index (χ0) is 23.7. The fourth-order valence-corrected chi connectivity index (χ4v) is 6.63. The lowest BCUT2D eigenvalue weighted by molar-refractivity contribution is 0.210. The second-order valence-electron chi connectivity index (χ2n) is 8.54. The van der Waals surface area contributed by atoms with Crippen molar-refractivity contribution in [2.75, 3.05) is 25.6 Å². The molecule has 0 bridgehead atoms. The van der Waals surface area contributed by atoms with Crippen molar-refractivity contribution in [3.8, 4) is 17.6 Å². The van der Waals surface area contributed by atoms with Gasteiger partial charge in [0.15, 0.2) is 0 Å². The fourth-order valence-electron chi connectivity index (χ4n) is 4.94. The van der Waals surface area contributed by atoms with Gasteiger partial charge in [0.25, 0.3) is 0 Å². The highest BCUT2D eigenvalue weighted by Gasteiger charge is 2.48. The van der Waals surface area contributed by atoms with Crippen molar-refractivity contribution in [1.82, 2.24) is 4.31 Å². The van der Waals surface area contributed by atoms with E-state index in [0.29, 0.717) is 13.0 Å². The number of methoxy groups -OCH3 is 1. The van der Waals surface area contributed by atoms with Crippen LogP contribution in [0.15, 0.2) is 77.7 Å². The maximum absolute atomic E-state index is 13.6. The standard InChI is InChI=1S/C27H26N2O4S/c1-33-21-7-5-6-19(16-21)10-11-20-12-13-25-24(17-20)27-23(26(18-30)28-25)14-15-29(27)34(31,32)22-8-3-2-4-9-22/h2-9,12-13,16-17,23,26-28,30H,14-15,18H2,1H3/t23-,26-,27-/m0/s1. The van der Waals surface area contributed by atoms with Gasteiger partial charge in [0.05, 0.1) is 30.7 Å². The summed E-state index contributed by atoms with van der Waals surface area (Å²) in [5, 5.41) is 13.4. The number of fused-ring (bicyclic) bond motifs is 3. The Balaban J connectivity index is 1.54. The number of benzene rings is 3. The van der Waals surface area contributed by atoms with E-state index in [1.54, 1.807) is 41.7 Å². The SMILES string of the molecule is COc1cccc(C#Cc2ccc3c(c2)[C@@H]2[C@@H](CCN2S(=O)(=O)c2ccccc2)[C@H](CO)N3)c1. The van der Waals surface area contributed by atoms with Crippen LogP contribution in [0.3, 0.4) is 0 Å². The van der Waals surface area contributed by atoms with Crippen molar-refractivity contribution in [3.63, 3.8) is 0 Å². The van der Waals surface area contributed by atoms with Gasteiger partial charge in [-0.1, -0.05) is 36.1 Å². The molecule has 0 aromatic heterocycles. The summed E-state index contributed by atoms with van der Waals surface area (Å²) >= 11 is 0. The van der Waals surface area contributed by atoms with Crippen molar-refractivity contribution >= 4 is 15.7 Å². The number of rotatable bonds is 4. The molecule has 7 heteroatoms. The first kappa shape index (κ1) is 22.5. The zero-order valence-electron chi connectivity index (χ0n) is 18.8. The van der Waals surface area contributed by atoms with Gasteiger partial charge in [-0.15, -0.1) is 0 Å². The van der Waals surface area contributed by atoms with Crippen LogP contribution in [0.25, 0.3) is 0 Å². The Bertz CT molecular complexity index is 1360. The molecule has 0 radical (unpaired) electrons. The van der Waals surface area contributed by atoms with E-state index in [-0.39, 0.29) is 29.5 Å². The lowest BCUT2D eigenvalue weighted by atomic mass is 9.83. The summed E-state index contributed by atoms with van der Waals surface area (Å²) < 4.78 is 34.0. The molecule has 5 rings (SSSR count). The first-order valence-electron chi connectivity index (χ1n) is 11.3. The Morgan fingerprint density at radius 2 is 1.79 bits per heavy atom. The molecule has 2 heterocycles. The van der Waals surface area contributed by atoms with Crippen LogP contribution in [0.4, 0.5) is 5.69 Å². The molecular formula is C27H26N2O4S. The van der Waals surface area contributed by atoms with Crippen molar-refractivity contribution < 1.29 is 18.3 Å². The maximum atomic E-state index is 13.6. The second-order valence-corrected chi connectivity index (χ2v) is 10.4. The van der Waals surface area contributed by atoms with Crippen molar-refractivity contribution in [2.24, 2.45) is 5.92 Å². The number of hydrogen-bond donors (Lipinski definition) is 2. The maximum Gasteiger partial charge on any atom is 0.243 e. The quantitative estimate of drug-likeness (QED) is 0.565. The van der Waals surface area contributed by atoms with Crippen LogP contribution >= 0.6 is 0 Å². The summed E-state index contributed by atoms with van der Waals surface area (Å²) in [5.41, 5.74) is 3.36. The molecular weight excluding hydrogens is 448 g/mol. The summed E-state index contributed by atoms with van der Waals surface area (Å²) in [4.78, 5) is 0.283. The molecule has 6 nitrogen and oxygen atoms in total. The Morgan fingerprint density at radius 1 is 1.03 bits per heavy atom. The molecule has 1 saturated heterocycles. The number of ether oxygens (including phenoxy) is 1. The van der Waals surface area contributed by atoms with E-state index in [4.69, 9.17) is 4.74 Å². The number of aliphatic hydroxyl groups is 1. The predicted molar refractivity (Wildman–Crippen MR) is 131 cm³/mol. The zero-order valence-corrected chi connectivity index (χ0v) is 19.6. The monoisotopic (exact) mass is 474 g/mol. The normalized spacial score (nSPS) is 21.5. The number of sulfonamides is 1. The number of nitrogens with one attached hydrogen (secondary N) is 1. The van der Waals surface area contributed by atoms with Gasteiger partial charge in [-0.25, -0.2) is 8.42 Å². The van der Waals surface area contributed by atoms with Crippen LogP contribution in [0, 0.1) is 17.8 Å². The number of hydrogen-bond acceptors (Lipinski definition) is 5. The molecule has 174 valence electrons. The van der Waals surface area contributed by atoms with Crippen molar-refractivity contribution in [2.45, 2.75) is 23.4 Å². The number of nitrogens with zero attached hydrogens (tertiary/aromatic N) is 1. The molecule has 2 N–H and O–H groups in total. The number of anilines is 1. The minimum atomic E-state index is -3.69. The van der Waals surface area contributed by atoms with Gasteiger partial charge >= 0.3 is 0 Å². The Kier molecular flexibility index (Phi) is 6.05. The third-order valence-electron chi connectivity index (χ3n) is 6.59. The van der Waals surface area contributed by atoms with E-state index in [1.165, 1.54) is 0 Å². The highest BCUT2D eigenvalue weighted by Crippen LogP contribution is 2.48. The topological polar surface area (TPSA) is 78.9 Å². The molecule has 2 aliphatic rings. The molecule has 3 aromatic rings. The fraction of sp³-hybridized carbons (Fsp3) is 0.259. The summed E-state index contributed by atoms with van der Waals surface area (Å²) in [7, 11) is -2.06. The van der Waals surface area contributed by atoms with E-state index in [2.05, 4.69) is 17.2 Å². The summed E-state index contributed by atoms with van der Waals surface area (Å²) in [6, 6.07) is 21.3. The third kappa shape index (κ3) is 4.05. The molecule has 3 aromatic carbocycles. The molecule has 2 aliphatic heterocycles. The van der Waals surface area contributed by atoms with Gasteiger partial charge in [0.2, 0.25) is 10.0 Å². The molecule has 34 heavy (non-hydrogen) atoms. The average Bonchev–Trinajstić information content (AvgIpc) is 3.34. The van der Waals surface area contributed by atoms with Gasteiger partial charge in [0.1, 0.15) is 5.75 Å². The molecule has 0 saturated carbocycles. The first-order valence-corrected chi connectivity index (χ1v) is 12.7. The largest absolute Gasteiger partial charge is 0.497 e. The lowest BCUT2D eigenvalue weighted by Gasteiger charge is -2.38. The second kappa shape index (κ2) is 9.15. The van der Waals surface area contributed by atoms with E-state index < -0.39 is 10.0 Å². The van der Waals surface area contributed by atoms with Crippen LogP contribution in [0.1, 0.15) is 29.2 Å². The molecule has 3 atom stereocenters. The van der Waals surface area contributed by atoms with Gasteiger partial charge in [-0.3, -0.25) is 0 Å². The minimum absolute atomic E-state index is 0.0300. The smallest absolute Gasteiger partial charge is 0.243 e. The highest BCUT2D eigenvalue weighted by molar-refractivity contribution is 7.89. The average molecular weight is 475 g/mol. The summed E-state index contributed by atoms with van der Waals surface area (Å²) in [6.45, 7) is 0.348. The van der Waals surface area contributed by atoms with Crippen LogP contribution in [-0.4, -0.2) is 44.1 Å². The van der Waals surface area contributed by atoms with E-state index in [9.17, 15) is 13.5 Å². The predicted octanol–water partition coefficient (Wildman–Crippen LogP) is 3.63. The molecule has 0 aliphatic carbocycles. The van der Waals surface area contributed by atoms with Gasteiger partial charge in [-0.2, -0.15) is 4.31 Å². The summed E-state index contributed by atoms with van der Waals surface area (Å²) in [5.74, 6) is 7.08. The molecule has 0 spiro atoms. The van der Waals surface area contributed by atoms with Gasteiger partial charge in [-0.05, 0) is 60.5 Å². The van der Waals surface area contributed by atoms with E-state index >= 15 is 0 Å². The van der Waals surface area contributed by atoms with Crippen molar-refractivity contribution in [1.29, 1.82) is 0 Å². The minimum Gasteiger partial charge on any atom is -0.497 e.